The normalized spacial score (nSPS) is 13.5. The molecule has 0 aromatic heterocycles. The van der Waals surface area contributed by atoms with Gasteiger partial charge in [0.25, 0.3) is 5.91 Å². The molecule has 0 radical (unpaired) electrons. The molecule has 1 aliphatic rings. The van der Waals surface area contributed by atoms with Crippen molar-refractivity contribution in [2.24, 2.45) is 4.99 Å². The van der Waals surface area contributed by atoms with E-state index in [2.05, 4.69) is 10.3 Å². The van der Waals surface area contributed by atoms with Crippen molar-refractivity contribution in [3.05, 3.63) is 41.7 Å². The Kier molecular flexibility index (Phi) is 3.96. The predicted molar refractivity (Wildman–Crippen MR) is 67.4 cm³/mol. The number of rotatable bonds is 4. The third kappa shape index (κ3) is 3.10. The minimum absolute atomic E-state index is 0.196. The molecule has 0 fully saturated rings. The lowest BCUT2D eigenvalue weighted by molar-refractivity contribution is -0.121. The highest BCUT2D eigenvalue weighted by Gasteiger charge is 2.11. The number of hydrogen-bond acceptors (Lipinski definition) is 4. The monoisotopic (exact) mass is 246 g/mol. The van der Waals surface area contributed by atoms with E-state index in [4.69, 9.17) is 9.47 Å². The summed E-state index contributed by atoms with van der Waals surface area (Å²) >= 11 is 0. The molecule has 18 heavy (non-hydrogen) atoms. The lowest BCUT2D eigenvalue weighted by Crippen LogP contribution is -2.26. The minimum Gasteiger partial charge on any atom is -0.497 e. The lowest BCUT2D eigenvalue weighted by Gasteiger charge is -2.11. The molecule has 0 saturated carbocycles. The van der Waals surface area contributed by atoms with Gasteiger partial charge in [-0.15, -0.1) is 0 Å². The summed E-state index contributed by atoms with van der Waals surface area (Å²) in [6.07, 6.45) is 3.11. The topological polar surface area (TPSA) is 59.9 Å². The molecule has 5 nitrogen and oxygen atoms in total. The number of benzene rings is 1. The maximum atomic E-state index is 11.7. The maximum Gasteiger partial charge on any atom is 0.286 e. The SMILES string of the molecule is COc1ccc(CNC(=O)C2=CC=NCO2)cc1. The molecule has 1 aromatic carbocycles. The highest BCUT2D eigenvalue weighted by Crippen LogP contribution is 2.11. The summed E-state index contributed by atoms with van der Waals surface area (Å²) in [6, 6.07) is 7.50. The zero-order valence-corrected chi connectivity index (χ0v) is 10.1. The van der Waals surface area contributed by atoms with Gasteiger partial charge < -0.3 is 14.8 Å². The van der Waals surface area contributed by atoms with Gasteiger partial charge in [-0.2, -0.15) is 0 Å². The quantitative estimate of drug-likeness (QED) is 0.869. The number of nitrogens with zero attached hydrogens (tertiary/aromatic N) is 1. The molecular weight excluding hydrogens is 232 g/mol. The van der Waals surface area contributed by atoms with Crippen LogP contribution in [-0.4, -0.2) is 26.0 Å². The zero-order valence-electron chi connectivity index (χ0n) is 10.1. The van der Waals surface area contributed by atoms with Crippen molar-refractivity contribution in [3.63, 3.8) is 0 Å². The van der Waals surface area contributed by atoms with E-state index in [1.165, 1.54) is 0 Å². The molecule has 1 N–H and O–H groups in total. The van der Waals surface area contributed by atoms with Gasteiger partial charge in [0.15, 0.2) is 12.5 Å². The fourth-order valence-corrected chi connectivity index (χ4v) is 1.47. The van der Waals surface area contributed by atoms with E-state index in [0.29, 0.717) is 12.3 Å². The number of allylic oxidation sites excluding steroid dienone is 1. The fourth-order valence-electron chi connectivity index (χ4n) is 1.47. The molecule has 1 amide bonds. The largest absolute Gasteiger partial charge is 0.497 e. The molecule has 0 spiro atoms. The third-order valence-corrected chi connectivity index (χ3v) is 2.46. The van der Waals surface area contributed by atoms with Gasteiger partial charge in [0.1, 0.15) is 5.75 Å². The first-order valence-electron chi connectivity index (χ1n) is 5.53. The summed E-state index contributed by atoms with van der Waals surface area (Å²) in [5.74, 6) is 0.843. The molecule has 5 heteroatoms. The van der Waals surface area contributed by atoms with Gasteiger partial charge in [-0.05, 0) is 17.7 Å². The predicted octanol–water partition coefficient (Wildman–Crippen LogP) is 1.25. The standard InChI is InChI=1S/C13H14N2O3/c1-17-11-4-2-10(3-5-11)8-15-13(16)12-6-7-14-9-18-12/h2-7H,8-9H2,1H3,(H,15,16). The Balaban J connectivity index is 1.88. The van der Waals surface area contributed by atoms with Gasteiger partial charge in [-0.3, -0.25) is 9.79 Å². The third-order valence-electron chi connectivity index (χ3n) is 2.46. The Labute approximate surface area is 105 Å². The van der Waals surface area contributed by atoms with Crippen LogP contribution >= 0.6 is 0 Å². The summed E-state index contributed by atoms with van der Waals surface area (Å²) < 4.78 is 10.2. The summed E-state index contributed by atoms with van der Waals surface area (Å²) in [7, 11) is 1.62. The van der Waals surface area contributed by atoms with Crippen LogP contribution in [0, 0.1) is 0 Å². The molecule has 1 aromatic rings. The second-order valence-corrected chi connectivity index (χ2v) is 3.67. The van der Waals surface area contributed by atoms with Gasteiger partial charge in [-0.1, -0.05) is 12.1 Å². The van der Waals surface area contributed by atoms with Crippen molar-refractivity contribution in [1.82, 2.24) is 5.32 Å². The van der Waals surface area contributed by atoms with Crippen molar-refractivity contribution >= 4 is 12.1 Å². The molecule has 1 heterocycles. The van der Waals surface area contributed by atoms with E-state index in [0.717, 1.165) is 11.3 Å². The Morgan fingerprint density at radius 2 is 2.22 bits per heavy atom. The van der Waals surface area contributed by atoms with Crippen molar-refractivity contribution in [2.75, 3.05) is 13.8 Å². The van der Waals surface area contributed by atoms with E-state index in [9.17, 15) is 4.79 Å². The molecule has 0 bridgehead atoms. The Bertz CT molecular complexity index is 478. The van der Waals surface area contributed by atoms with Crippen LogP contribution in [0.2, 0.25) is 0 Å². The smallest absolute Gasteiger partial charge is 0.286 e. The maximum absolute atomic E-state index is 11.7. The summed E-state index contributed by atoms with van der Waals surface area (Å²) in [6.45, 7) is 0.641. The van der Waals surface area contributed by atoms with Gasteiger partial charge >= 0.3 is 0 Å². The van der Waals surface area contributed by atoms with Crippen LogP contribution in [0.5, 0.6) is 5.75 Å². The van der Waals surface area contributed by atoms with Crippen LogP contribution in [0.4, 0.5) is 0 Å². The number of carbonyl (C=O) groups excluding carboxylic acids is 1. The van der Waals surface area contributed by atoms with Gasteiger partial charge in [0.2, 0.25) is 0 Å². The number of aliphatic imine (C=N–C) groups is 1. The molecule has 0 saturated heterocycles. The second kappa shape index (κ2) is 5.86. The molecule has 0 aliphatic carbocycles. The fraction of sp³-hybridized carbons (Fsp3) is 0.231. The van der Waals surface area contributed by atoms with E-state index < -0.39 is 0 Å². The van der Waals surface area contributed by atoms with Crippen LogP contribution < -0.4 is 10.1 Å². The summed E-state index contributed by atoms with van der Waals surface area (Å²) in [4.78, 5) is 15.5. The first kappa shape index (κ1) is 12.2. The van der Waals surface area contributed by atoms with Crippen molar-refractivity contribution in [3.8, 4) is 5.75 Å². The van der Waals surface area contributed by atoms with Gasteiger partial charge in [0, 0.05) is 18.8 Å². The van der Waals surface area contributed by atoms with E-state index in [1.54, 1.807) is 19.4 Å². The minimum atomic E-state index is -0.239. The molecule has 94 valence electrons. The number of ether oxygens (including phenoxy) is 2. The van der Waals surface area contributed by atoms with Crippen LogP contribution in [-0.2, 0) is 16.1 Å². The molecule has 0 atom stereocenters. The Hall–Kier alpha value is -2.30. The van der Waals surface area contributed by atoms with Gasteiger partial charge in [0.05, 0.1) is 7.11 Å². The average Bonchev–Trinajstić information content (AvgIpc) is 2.46. The summed E-state index contributed by atoms with van der Waals surface area (Å²) in [5, 5.41) is 2.77. The number of carbonyl (C=O) groups is 1. The highest BCUT2D eigenvalue weighted by molar-refractivity contribution is 5.95. The number of amides is 1. The van der Waals surface area contributed by atoms with Crippen molar-refractivity contribution in [1.29, 1.82) is 0 Å². The van der Waals surface area contributed by atoms with Crippen LogP contribution in [0.15, 0.2) is 41.1 Å². The van der Waals surface area contributed by atoms with Crippen molar-refractivity contribution < 1.29 is 14.3 Å². The Morgan fingerprint density at radius 3 is 2.83 bits per heavy atom. The molecular formula is C13H14N2O3. The summed E-state index contributed by atoms with van der Waals surface area (Å²) in [5.41, 5.74) is 0.995. The lowest BCUT2D eigenvalue weighted by atomic mass is 10.2. The number of nitrogens with one attached hydrogen (secondary N) is 1. The van der Waals surface area contributed by atoms with Gasteiger partial charge in [-0.25, -0.2) is 0 Å². The van der Waals surface area contributed by atoms with Crippen molar-refractivity contribution in [2.45, 2.75) is 6.54 Å². The highest BCUT2D eigenvalue weighted by atomic mass is 16.5. The second-order valence-electron chi connectivity index (χ2n) is 3.67. The van der Waals surface area contributed by atoms with Crippen LogP contribution in [0.25, 0.3) is 0 Å². The van der Waals surface area contributed by atoms with E-state index >= 15 is 0 Å². The number of methoxy groups -OCH3 is 1. The Morgan fingerprint density at radius 1 is 1.44 bits per heavy atom. The van der Waals surface area contributed by atoms with E-state index in [1.807, 2.05) is 24.3 Å². The molecule has 2 rings (SSSR count). The molecule has 1 aliphatic heterocycles. The number of hydrogen-bond donors (Lipinski definition) is 1. The first-order chi connectivity index (χ1) is 8.79. The zero-order chi connectivity index (χ0) is 12.8. The van der Waals surface area contributed by atoms with Crippen LogP contribution in [0.3, 0.4) is 0 Å². The van der Waals surface area contributed by atoms with Crippen LogP contribution in [0.1, 0.15) is 5.56 Å². The van der Waals surface area contributed by atoms with E-state index in [-0.39, 0.29) is 12.6 Å². The first-order valence-corrected chi connectivity index (χ1v) is 5.53. The average molecular weight is 246 g/mol. The molecule has 0 unspecified atom stereocenters.